The lowest BCUT2D eigenvalue weighted by Crippen LogP contribution is -2.34. The number of hydrogen-bond acceptors (Lipinski definition) is 4. The summed E-state index contributed by atoms with van der Waals surface area (Å²) in [5, 5.41) is 18.7. The lowest BCUT2D eigenvalue weighted by atomic mass is 10.2. The van der Waals surface area contributed by atoms with Crippen LogP contribution in [0.25, 0.3) is 0 Å². The molecule has 0 aromatic rings. The van der Waals surface area contributed by atoms with Gasteiger partial charge in [-0.15, -0.1) is 0 Å². The SMILES string of the molecule is CCC(=O)OC1(O)CC(O)C(Cl)=C1Cl. The maximum atomic E-state index is 10.9. The topological polar surface area (TPSA) is 66.8 Å². The Hall–Kier alpha value is -0.290. The number of ether oxygens (including phenoxy) is 1. The van der Waals surface area contributed by atoms with Gasteiger partial charge < -0.3 is 14.9 Å². The van der Waals surface area contributed by atoms with Crippen LogP contribution in [0.5, 0.6) is 0 Å². The predicted octanol–water partition coefficient (Wildman–Crippen LogP) is 1.08. The summed E-state index contributed by atoms with van der Waals surface area (Å²) < 4.78 is 4.68. The first-order valence-corrected chi connectivity index (χ1v) is 4.84. The zero-order valence-corrected chi connectivity index (χ0v) is 8.97. The van der Waals surface area contributed by atoms with Crippen molar-refractivity contribution in [1.82, 2.24) is 0 Å². The van der Waals surface area contributed by atoms with E-state index < -0.39 is 17.9 Å². The van der Waals surface area contributed by atoms with Gasteiger partial charge in [0.05, 0.1) is 11.1 Å². The monoisotopic (exact) mass is 240 g/mol. The van der Waals surface area contributed by atoms with Gasteiger partial charge in [-0.05, 0) is 0 Å². The Morgan fingerprint density at radius 1 is 1.71 bits per heavy atom. The zero-order chi connectivity index (χ0) is 10.9. The third-order valence-corrected chi connectivity index (χ3v) is 2.92. The Balaban J connectivity index is 2.83. The molecule has 0 saturated heterocycles. The van der Waals surface area contributed by atoms with E-state index in [-0.39, 0.29) is 22.9 Å². The minimum absolute atomic E-state index is 0.0851. The van der Waals surface area contributed by atoms with E-state index in [0.717, 1.165) is 0 Å². The van der Waals surface area contributed by atoms with Crippen LogP contribution >= 0.6 is 23.2 Å². The molecule has 6 heteroatoms. The molecular formula is C8H10Cl2O4. The van der Waals surface area contributed by atoms with Crippen LogP contribution in [0.1, 0.15) is 19.8 Å². The molecule has 0 aromatic carbocycles. The molecule has 4 nitrogen and oxygen atoms in total. The highest BCUT2D eigenvalue weighted by atomic mass is 35.5. The van der Waals surface area contributed by atoms with Gasteiger partial charge in [0.25, 0.3) is 5.79 Å². The molecule has 0 fully saturated rings. The van der Waals surface area contributed by atoms with Gasteiger partial charge in [0.15, 0.2) is 0 Å². The van der Waals surface area contributed by atoms with Crippen LogP contribution in [-0.2, 0) is 9.53 Å². The van der Waals surface area contributed by atoms with Gasteiger partial charge >= 0.3 is 5.97 Å². The van der Waals surface area contributed by atoms with E-state index in [4.69, 9.17) is 23.2 Å². The standard InChI is InChI=1S/C8H10Cl2O4/c1-2-5(12)14-8(13)3-4(11)6(9)7(8)10/h4,11,13H,2-3H2,1H3. The number of esters is 1. The second kappa shape index (κ2) is 4.06. The molecular weight excluding hydrogens is 231 g/mol. The molecule has 0 aliphatic heterocycles. The summed E-state index contributed by atoms with van der Waals surface area (Å²) in [4.78, 5) is 10.9. The molecule has 0 heterocycles. The van der Waals surface area contributed by atoms with Crippen molar-refractivity contribution in [2.45, 2.75) is 31.7 Å². The van der Waals surface area contributed by atoms with Crippen molar-refractivity contribution in [3.05, 3.63) is 10.1 Å². The van der Waals surface area contributed by atoms with Crippen LogP contribution in [-0.4, -0.2) is 28.1 Å². The normalized spacial score (nSPS) is 32.2. The van der Waals surface area contributed by atoms with Crippen molar-refractivity contribution in [1.29, 1.82) is 0 Å². The van der Waals surface area contributed by atoms with E-state index in [2.05, 4.69) is 4.74 Å². The van der Waals surface area contributed by atoms with E-state index in [1.807, 2.05) is 0 Å². The van der Waals surface area contributed by atoms with E-state index in [1.165, 1.54) is 0 Å². The van der Waals surface area contributed by atoms with E-state index in [0.29, 0.717) is 0 Å². The molecule has 0 saturated carbocycles. The second-order valence-electron chi connectivity index (χ2n) is 2.99. The largest absolute Gasteiger partial charge is 0.428 e. The van der Waals surface area contributed by atoms with Crippen LogP contribution in [0.4, 0.5) is 0 Å². The van der Waals surface area contributed by atoms with Gasteiger partial charge in [-0.1, -0.05) is 30.1 Å². The third-order valence-electron chi connectivity index (χ3n) is 1.89. The molecule has 0 aromatic heterocycles. The van der Waals surface area contributed by atoms with Gasteiger partial charge in [0.2, 0.25) is 0 Å². The van der Waals surface area contributed by atoms with Gasteiger partial charge in [0.1, 0.15) is 5.03 Å². The first-order valence-electron chi connectivity index (χ1n) is 4.08. The van der Waals surface area contributed by atoms with Crippen molar-refractivity contribution in [2.75, 3.05) is 0 Å². The van der Waals surface area contributed by atoms with Crippen molar-refractivity contribution in [2.24, 2.45) is 0 Å². The molecule has 2 N–H and O–H groups in total. The summed E-state index contributed by atoms with van der Waals surface area (Å²) in [5.74, 6) is -2.57. The number of carbonyl (C=O) groups is 1. The number of hydrogen-bond donors (Lipinski definition) is 2. The molecule has 0 radical (unpaired) electrons. The lowest BCUT2D eigenvalue weighted by Gasteiger charge is -2.22. The lowest BCUT2D eigenvalue weighted by molar-refractivity contribution is -0.194. The van der Waals surface area contributed by atoms with Gasteiger partial charge in [-0.25, -0.2) is 0 Å². The number of aliphatic hydroxyl groups excluding tert-OH is 1. The maximum absolute atomic E-state index is 10.9. The van der Waals surface area contributed by atoms with Crippen LogP contribution < -0.4 is 0 Å². The Kier molecular flexibility index (Phi) is 3.42. The fourth-order valence-electron chi connectivity index (χ4n) is 1.12. The summed E-state index contributed by atoms with van der Waals surface area (Å²) in [5.41, 5.74) is 0. The zero-order valence-electron chi connectivity index (χ0n) is 7.46. The Morgan fingerprint density at radius 3 is 2.64 bits per heavy atom. The van der Waals surface area contributed by atoms with Crippen molar-refractivity contribution >= 4 is 29.2 Å². The predicted molar refractivity (Wildman–Crippen MR) is 50.7 cm³/mol. The summed E-state index contributed by atoms with van der Waals surface area (Å²) in [6, 6.07) is 0. The van der Waals surface area contributed by atoms with E-state index >= 15 is 0 Å². The van der Waals surface area contributed by atoms with E-state index in [9.17, 15) is 15.0 Å². The molecule has 1 aliphatic carbocycles. The Morgan fingerprint density at radius 2 is 2.29 bits per heavy atom. The number of rotatable bonds is 2. The molecule has 0 amide bonds. The number of carbonyl (C=O) groups excluding carboxylic acids is 1. The van der Waals surface area contributed by atoms with Crippen LogP contribution in [0.2, 0.25) is 0 Å². The summed E-state index contributed by atoms with van der Waals surface area (Å²) in [7, 11) is 0. The van der Waals surface area contributed by atoms with Gasteiger partial charge in [-0.3, -0.25) is 4.79 Å². The smallest absolute Gasteiger partial charge is 0.308 e. The average Bonchev–Trinajstić information content (AvgIpc) is 2.30. The van der Waals surface area contributed by atoms with Crippen LogP contribution in [0.3, 0.4) is 0 Å². The van der Waals surface area contributed by atoms with Crippen molar-refractivity contribution < 1.29 is 19.7 Å². The molecule has 1 aliphatic rings. The van der Waals surface area contributed by atoms with Crippen LogP contribution in [0.15, 0.2) is 10.1 Å². The Bertz CT molecular complexity index is 289. The Labute approximate surface area is 91.1 Å². The minimum atomic E-state index is -1.97. The summed E-state index contributed by atoms with van der Waals surface area (Å²) in [6.45, 7) is 1.58. The molecule has 2 atom stereocenters. The highest BCUT2D eigenvalue weighted by Gasteiger charge is 2.46. The molecule has 80 valence electrons. The first kappa shape index (κ1) is 11.8. The van der Waals surface area contributed by atoms with Crippen molar-refractivity contribution in [3.8, 4) is 0 Å². The minimum Gasteiger partial charge on any atom is -0.428 e. The summed E-state index contributed by atoms with van der Waals surface area (Å²) in [6.07, 6.45) is -1.20. The first-order chi connectivity index (χ1) is 6.40. The van der Waals surface area contributed by atoms with Gasteiger partial charge in [0, 0.05) is 12.8 Å². The van der Waals surface area contributed by atoms with Crippen molar-refractivity contribution in [3.63, 3.8) is 0 Å². The fourth-order valence-corrected chi connectivity index (χ4v) is 1.59. The quantitative estimate of drug-likeness (QED) is 0.560. The fraction of sp³-hybridized carbons (Fsp3) is 0.625. The van der Waals surface area contributed by atoms with E-state index in [1.54, 1.807) is 6.92 Å². The molecule has 1 rings (SSSR count). The van der Waals surface area contributed by atoms with Crippen LogP contribution in [0, 0.1) is 0 Å². The average molecular weight is 241 g/mol. The highest BCUT2D eigenvalue weighted by Crippen LogP contribution is 2.41. The van der Waals surface area contributed by atoms with Gasteiger partial charge in [-0.2, -0.15) is 0 Å². The summed E-state index contributed by atoms with van der Waals surface area (Å²) >= 11 is 11.2. The molecule has 2 unspecified atom stereocenters. The number of aliphatic hydroxyl groups is 2. The highest BCUT2D eigenvalue weighted by molar-refractivity contribution is 6.40. The molecule has 0 bridgehead atoms. The second-order valence-corrected chi connectivity index (χ2v) is 3.78. The third kappa shape index (κ3) is 2.03. The molecule has 0 spiro atoms. The maximum Gasteiger partial charge on any atom is 0.308 e. The molecule has 14 heavy (non-hydrogen) atoms. The number of halogens is 2.